The van der Waals surface area contributed by atoms with Crippen molar-refractivity contribution in [3.63, 3.8) is 0 Å². The van der Waals surface area contributed by atoms with E-state index in [1.165, 1.54) is 27.5 Å². The summed E-state index contributed by atoms with van der Waals surface area (Å²) in [5.41, 5.74) is 1.58. The lowest BCUT2D eigenvalue weighted by molar-refractivity contribution is 0.285. The summed E-state index contributed by atoms with van der Waals surface area (Å²) in [4.78, 5) is 2.50. The Bertz CT molecular complexity index is 439. The van der Waals surface area contributed by atoms with Gasteiger partial charge in [-0.05, 0) is 69.7 Å². The largest absolute Gasteiger partial charge is 0.367 e. The zero-order valence-corrected chi connectivity index (χ0v) is 13.7. The van der Waals surface area contributed by atoms with Gasteiger partial charge in [-0.3, -0.25) is 0 Å². The molecule has 2 nitrogen and oxygen atoms in total. The van der Waals surface area contributed by atoms with E-state index >= 15 is 0 Å². The normalized spacial score (nSPS) is 28.5. The third-order valence-corrected chi connectivity index (χ3v) is 5.44. The van der Waals surface area contributed by atoms with Gasteiger partial charge in [0.25, 0.3) is 0 Å². The van der Waals surface area contributed by atoms with Gasteiger partial charge in [-0.25, -0.2) is 0 Å². The molecular weight excluding hydrogens is 356 g/mol. The van der Waals surface area contributed by atoms with Gasteiger partial charge in [0.1, 0.15) is 0 Å². The number of hydrogen-bond acceptors (Lipinski definition) is 2. The second kappa shape index (κ2) is 4.80. The van der Waals surface area contributed by atoms with E-state index in [0.717, 1.165) is 25.6 Å². The molecule has 1 heterocycles. The molecule has 98 valence electrons. The molecule has 0 radical (unpaired) electrons. The molecule has 1 aromatic carbocycles. The molecule has 1 N–H and O–H groups in total. The lowest BCUT2D eigenvalue weighted by atomic mass is 9.92. The maximum atomic E-state index is 3.72. The summed E-state index contributed by atoms with van der Waals surface area (Å²) in [6.07, 6.45) is 2.77. The van der Waals surface area contributed by atoms with Crippen LogP contribution in [0.2, 0.25) is 0 Å². The number of nitrogens with one attached hydrogen (secondary N) is 1. The molecule has 0 aromatic heterocycles. The van der Waals surface area contributed by atoms with Gasteiger partial charge in [-0.15, -0.1) is 0 Å². The topological polar surface area (TPSA) is 15.3 Å². The predicted molar refractivity (Wildman–Crippen MR) is 83.2 cm³/mol. The Morgan fingerprint density at radius 3 is 2.56 bits per heavy atom. The van der Waals surface area contributed by atoms with Crippen LogP contribution in [-0.2, 0) is 0 Å². The number of nitrogens with zero attached hydrogens (tertiary/aromatic N) is 1. The highest BCUT2D eigenvalue weighted by molar-refractivity contribution is 9.11. The molecule has 1 atom stereocenters. The Balaban J connectivity index is 1.88. The van der Waals surface area contributed by atoms with E-state index < -0.39 is 0 Å². The number of halogens is 2. The van der Waals surface area contributed by atoms with Crippen LogP contribution >= 0.6 is 31.9 Å². The van der Waals surface area contributed by atoms with Gasteiger partial charge in [0.2, 0.25) is 0 Å². The summed E-state index contributed by atoms with van der Waals surface area (Å²) in [6.45, 7) is 5.62. The van der Waals surface area contributed by atoms with Gasteiger partial charge >= 0.3 is 0 Å². The molecule has 0 amide bonds. The number of piperazine rings is 1. The van der Waals surface area contributed by atoms with E-state index in [2.05, 4.69) is 67.2 Å². The van der Waals surface area contributed by atoms with Crippen LogP contribution in [0.5, 0.6) is 0 Å². The first kappa shape index (κ1) is 12.9. The maximum Gasteiger partial charge on any atom is 0.0656 e. The molecule has 1 unspecified atom stereocenters. The van der Waals surface area contributed by atoms with E-state index in [1.807, 2.05) is 0 Å². The molecule has 1 aliphatic carbocycles. The van der Waals surface area contributed by atoms with E-state index in [1.54, 1.807) is 0 Å². The van der Waals surface area contributed by atoms with Crippen LogP contribution in [0.15, 0.2) is 27.1 Å². The first-order valence-corrected chi connectivity index (χ1v) is 8.13. The monoisotopic (exact) mass is 372 g/mol. The van der Waals surface area contributed by atoms with Crippen molar-refractivity contribution >= 4 is 37.5 Å². The molecule has 1 saturated heterocycles. The number of anilines is 1. The van der Waals surface area contributed by atoms with Crippen molar-refractivity contribution in [2.75, 3.05) is 24.5 Å². The van der Waals surface area contributed by atoms with Crippen molar-refractivity contribution in [2.45, 2.75) is 25.3 Å². The highest BCUT2D eigenvalue weighted by Crippen LogP contribution is 2.43. The standard InChI is InChI=1S/C14H18Br2N2/c1-14(10-5-6-10)9-18(8-7-17-14)13-11(15)3-2-4-12(13)16/h2-4,10,17H,5-9H2,1H3. The highest BCUT2D eigenvalue weighted by Gasteiger charge is 2.44. The van der Waals surface area contributed by atoms with Crippen LogP contribution in [0.4, 0.5) is 5.69 Å². The zero-order chi connectivity index (χ0) is 12.8. The molecule has 3 rings (SSSR count). The average molecular weight is 374 g/mol. The number of hydrogen-bond donors (Lipinski definition) is 1. The van der Waals surface area contributed by atoms with Crippen LogP contribution in [0.25, 0.3) is 0 Å². The fourth-order valence-corrected chi connectivity index (χ4v) is 4.48. The minimum Gasteiger partial charge on any atom is -0.367 e. The molecule has 4 heteroatoms. The number of para-hydroxylation sites is 1. The second-order valence-corrected chi connectivity index (χ2v) is 7.32. The minimum atomic E-state index is 0.285. The van der Waals surface area contributed by atoms with Crippen molar-refractivity contribution < 1.29 is 0 Å². The Kier molecular flexibility index (Phi) is 3.45. The predicted octanol–water partition coefficient (Wildman–Crippen LogP) is 3.79. The summed E-state index contributed by atoms with van der Waals surface area (Å²) in [7, 11) is 0. The Labute approximate surface area is 125 Å². The Morgan fingerprint density at radius 1 is 1.28 bits per heavy atom. The van der Waals surface area contributed by atoms with E-state index in [9.17, 15) is 0 Å². The summed E-state index contributed by atoms with van der Waals surface area (Å²) in [5.74, 6) is 0.863. The average Bonchev–Trinajstić information content (AvgIpc) is 3.13. The fourth-order valence-electron chi connectivity index (χ4n) is 2.98. The quantitative estimate of drug-likeness (QED) is 0.848. The summed E-state index contributed by atoms with van der Waals surface area (Å²) in [6, 6.07) is 6.31. The summed E-state index contributed by atoms with van der Waals surface area (Å²) >= 11 is 7.36. The second-order valence-electron chi connectivity index (χ2n) is 5.61. The first-order chi connectivity index (χ1) is 8.60. The third-order valence-electron chi connectivity index (χ3n) is 4.16. The van der Waals surface area contributed by atoms with Crippen molar-refractivity contribution in [3.05, 3.63) is 27.1 Å². The zero-order valence-electron chi connectivity index (χ0n) is 10.5. The van der Waals surface area contributed by atoms with Crippen LogP contribution in [0.1, 0.15) is 19.8 Å². The molecule has 1 aromatic rings. The Hall–Kier alpha value is -0.0600. The van der Waals surface area contributed by atoms with Crippen LogP contribution in [0.3, 0.4) is 0 Å². The summed E-state index contributed by atoms with van der Waals surface area (Å²) < 4.78 is 2.36. The molecular formula is C14H18Br2N2. The molecule has 1 saturated carbocycles. The fraction of sp³-hybridized carbons (Fsp3) is 0.571. The van der Waals surface area contributed by atoms with Crippen molar-refractivity contribution in [1.29, 1.82) is 0 Å². The molecule has 0 bridgehead atoms. The molecule has 2 fully saturated rings. The van der Waals surface area contributed by atoms with E-state index in [4.69, 9.17) is 0 Å². The van der Waals surface area contributed by atoms with Gasteiger partial charge in [0.05, 0.1) is 5.69 Å². The molecule has 18 heavy (non-hydrogen) atoms. The maximum absolute atomic E-state index is 3.72. The minimum absolute atomic E-state index is 0.285. The summed E-state index contributed by atoms with van der Waals surface area (Å²) in [5, 5.41) is 3.72. The molecule has 2 aliphatic rings. The highest BCUT2D eigenvalue weighted by atomic mass is 79.9. The van der Waals surface area contributed by atoms with Gasteiger partial charge in [-0.1, -0.05) is 6.07 Å². The lowest BCUT2D eigenvalue weighted by Gasteiger charge is -2.43. The number of rotatable bonds is 2. The number of benzene rings is 1. The van der Waals surface area contributed by atoms with Crippen LogP contribution in [0, 0.1) is 5.92 Å². The van der Waals surface area contributed by atoms with Crippen molar-refractivity contribution in [3.8, 4) is 0 Å². The van der Waals surface area contributed by atoms with Gasteiger partial charge in [0.15, 0.2) is 0 Å². The van der Waals surface area contributed by atoms with Gasteiger partial charge in [-0.2, -0.15) is 0 Å². The van der Waals surface area contributed by atoms with Gasteiger partial charge < -0.3 is 10.2 Å². The lowest BCUT2D eigenvalue weighted by Crippen LogP contribution is -2.60. The third kappa shape index (κ3) is 2.35. The van der Waals surface area contributed by atoms with Crippen molar-refractivity contribution in [2.24, 2.45) is 5.92 Å². The van der Waals surface area contributed by atoms with Crippen LogP contribution in [-0.4, -0.2) is 25.2 Å². The van der Waals surface area contributed by atoms with Crippen molar-refractivity contribution in [1.82, 2.24) is 5.32 Å². The smallest absolute Gasteiger partial charge is 0.0656 e. The first-order valence-electron chi connectivity index (χ1n) is 6.54. The molecule has 0 spiro atoms. The van der Waals surface area contributed by atoms with E-state index in [0.29, 0.717) is 0 Å². The Morgan fingerprint density at radius 2 is 1.94 bits per heavy atom. The van der Waals surface area contributed by atoms with Crippen LogP contribution < -0.4 is 10.2 Å². The SMILES string of the molecule is CC1(C2CC2)CN(c2c(Br)cccc2Br)CCN1. The van der Waals surface area contributed by atoms with E-state index in [-0.39, 0.29) is 5.54 Å². The molecule has 1 aliphatic heterocycles. The van der Waals surface area contributed by atoms with Gasteiger partial charge in [0, 0.05) is 34.1 Å².